The Morgan fingerprint density at radius 2 is 1.96 bits per heavy atom. The minimum Gasteiger partial charge on any atom is -0.498 e. The molecule has 0 aromatic heterocycles. The van der Waals surface area contributed by atoms with E-state index in [1.807, 2.05) is 0 Å². The van der Waals surface area contributed by atoms with Crippen molar-refractivity contribution in [3.05, 3.63) is 59.9 Å². The van der Waals surface area contributed by atoms with Crippen molar-refractivity contribution in [2.75, 3.05) is 14.2 Å². The van der Waals surface area contributed by atoms with Gasteiger partial charge >= 0.3 is 0 Å². The zero-order chi connectivity index (χ0) is 18.0. The van der Waals surface area contributed by atoms with Crippen molar-refractivity contribution in [1.29, 1.82) is 0 Å². The molecule has 7 nitrogen and oxygen atoms in total. The van der Waals surface area contributed by atoms with Crippen LogP contribution in [0.4, 0.5) is 0 Å². The molecule has 2 amide bonds. The smallest absolute Gasteiger partial charge is 0.270 e. The van der Waals surface area contributed by atoms with Gasteiger partial charge in [-0.25, -0.2) is 5.06 Å². The van der Waals surface area contributed by atoms with Crippen LogP contribution in [0.3, 0.4) is 0 Å². The fourth-order valence-electron chi connectivity index (χ4n) is 3.19. The van der Waals surface area contributed by atoms with Crippen molar-refractivity contribution < 1.29 is 24.0 Å². The molecule has 1 aliphatic carbocycles. The molecule has 130 valence electrons. The van der Waals surface area contributed by atoms with E-state index in [0.29, 0.717) is 11.3 Å². The second-order valence-electron chi connectivity index (χ2n) is 5.78. The molecule has 2 aliphatic rings. The summed E-state index contributed by atoms with van der Waals surface area (Å²) in [6.07, 6.45) is 4.45. The molecule has 1 aromatic carbocycles. The van der Waals surface area contributed by atoms with Gasteiger partial charge in [-0.15, -0.1) is 0 Å². The lowest BCUT2D eigenvalue weighted by Gasteiger charge is -2.35. The van der Waals surface area contributed by atoms with Gasteiger partial charge in [-0.1, -0.05) is 18.2 Å². The maximum Gasteiger partial charge on any atom is 0.270 e. The highest BCUT2D eigenvalue weighted by Gasteiger charge is 2.55. The molecule has 1 spiro atoms. The van der Waals surface area contributed by atoms with Gasteiger partial charge in [0.1, 0.15) is 17.3 Å². The Morgan fingerprint density at radius 3 is 2.60 bits per heavy atom. The van der Waals surface area contributed by atoms with E-state index in [4.69, 9.17) is 9.57 Å². The van der Waals surface area contributed by atoms with Crippen LogP contribution >= 0.6 is 0 Å². The molecule has 0 unspecified atom stereocenters. The SMILES string of the molecule is COC1=CC(=O)C=C[C@@]12C[C@H](NC(=O)c1ccccc1)C(=O)N2OC. The molecule has 1 fully saturated rings. The van der Waals surface area contributed by atoms with Gasteiger partial charge in [0.25, 0.3) is 11.8 Å². The normalized spacial score (nSPS) is 25.3. The number of nitrogens with one attached hydrogen (secondary N) is 1. The van der Waals surface area contributed by atoms with E-state index in [9.17, 15) is 14.4 Å². The summed E-state index contributed by atoms with van der Waals surface area (Å²) >= 11 is 0. The van der Waals surface area contributed by atoms with E-state index in [-0.39, 0.29) is 18.1 Å². The van der Waals surface area contributed by atoms with Crippen molar-refractivity contribution in [3.63, 3.8) is 0 Å². The number of hydrogen-bond donors (Lipinski definition) is 1. The Kier molecular flexibility index (Phi) is 4.41. The summed E-state index contributed by atoms with van der Waals surface area (Å²) in [5.74, 6) is -0.700. The standard InChI is InChI=1S/C18H18N2O5/c1-24-15-10-13(21)8-9-18(15)11-14(17(23)20(18)25-2)19-16(22)12-6-4-3-5-7-12/h3-10,14H,11H2,1-2H3,(H,19,22)/t14-,18+/m0/s1. The van der Waals surface area contributed by atoms with Crippen LogP contribution < -0.4 is 5.32 Å². The van der Waals surface area contributed by atoms with Gasteiger partial charge in [0.05, 0.1) is 14.2 Å². The zero-order valence-corrected chi connectivity index (χ0v) is 13.9. The fourth-order valence-corrected chi connectivity index (χ4v) is 3.19. The number of hydrogen-bond acceptors (Lipinski definition) is 5. The van der Waals surface area contributed by atoms with Crippen LogP contribution in [-0.2, 0) is 19.2 Å². The number of allylic oxidation sites excluding steroid dienone is 2. The minimum atomic E-state index is -1.05. The van der Waals surface area contributed by atoms with Crippen molar-refractivity contribution >= 4 is 17.6 Å². The molecule has 1 aromatic rings. The molecule has 0 saturated carbocycles. The summed E-state index contributed by atoms with van der Waals surface area (Å²) in [6, 6.07) is 7.82. The molecule has 1 aliphatic heterocycles. The summed E-state index contributed by atoms with van der Waals surface area (Å²) in [6.45, 7) is 0. The number of rotatable bonds is 4. The third kappa shape index (κ3) is 2.83. The summed E-state index contributed by atoms with van der Waals surface area (Å²) < 4.78 is 5.32. The van der Waals surface area contributed by atoms with Crippen molar-refractivity contribution in [1.82, 2.24) is 10.4 Å². The number of methoxy groups -OCH3 is 1. The molecule has 2 atom stereocenters. The predicted molar refractivity (Wildman–Crippen MR) is 88.1 cm³/mol. The first-order valence-corrected chi connectivity index (χ1v) is 7.75. The second-order valence-corrected chi connectivity index (χ2v) is 5.78. The molecule has 25 heavy (non-hydrogen) atoms. The van der Waals surface area contributed by atoms with Crippen molar-refractivity contribution in [3.8, 4) is 0 Å². The average Bonchev–Trinajstić information content (AvgIpc) is 2.89. The lowest BCUT2D eigenvalue weighted by molar-refractivity contribution is -0.188. The molecule has 1 heterocycles. The lowest BCUT2D eigenvalue weighted by atomic mass is 9.88. The lowest BCUT2D eigenvalue weighted by Crippen LogP contribution is -2.47. The van der Waals surface area contributed by atoms with Crippen LogP contribution in [0.1, 0.15) is 16.8 Å². The highest BCUT2D eigenvalue weighted by molar-refractivity contribution is 6.02. The van der Waals surface area contributed by atoms with Crippen LogP contribution in [0.25, 0.3) is 0 Å². The van der Waals surface area contributed by atoms with Gasteiger partial charge in [-0.3, -0.25) is 19.2 Å². The van der Waals surface area contributed by atoms with Crippen LogP contribution in [-0.4, -0.2) is 48.5 Å². The number of carbonyl (C=O) groups is 3. The molecule has 1 saturated heterocycles. The van der Waals surface area contributed by atoms with Crippen LogP contribution in [0.15, 0.2) is 54.3 Å². The first-order valence-electron chi connectivity index (χ1n) is 7.75. The second kappa shape index (κ2) is 6.52. The van der Waals surface area contributed by atoms with E-state index in [1.165, 1.54) is 26.4 Å². The third-order valence-corrected chi connectivity index (χ3v) is 4.34. The predicted octanol–water partition coefficient (Wildman–Crippen LogP) is 0.987. The summed E-state index contributed by atoms with van der Waals surface area (Å²) in [5.41, 5.74) is -0.597. The van der Waals surface area contributed by atoms with E-state index >= 15 is 0 Å². The highest BCUT2D eigenvalue weighted by atomic mass is 16.7. The highest BCUT2D eigenvalue weighted by Crippen LogP contribution is 2.40. The maximum absolute atomic E-state index is 12.7. The van der Waals surface area contributed by atoms with Gasteiger partial charge in [-0.2, -0.15) is 0 Å². The molecular weight excluding hydrogens is 324 g/mol. The first kappa shape index (κ1) is 16.9. The van der Waals surface area contributed by atoms with Gasteiger partial charge in [0.15, 0.2) is 5.78 Å². The topological polar surface area (TPSA) is 84.9 Å². The Bertz CT molecular complexity index is 771. The average molecular weight is 342 g/mol. The van der Waals surface area contributed by atoms with E-state index < -0.39 is 17.5 Å². The van der Waals surface area contributed by atoms with Crippen LogP contribution in [0.2, 0.25) is 0 Å². The number of hydroxylamine groups is 2. The number of ketones is 1. The van der Waals surface area contributed by atoms with Crippen LogP contribution in [0.5, 0.6) is 0 Å². The summed E-state index contributed by atoms with van der Waals surface area (Å²) in [7, 11) is 2.78. The van der Waals surface area contributed by atoms with Gasteiger partial charge in [0, 0.05) is 18.1 Å². The Hall–Kier alpha value is -2.93. The Morgan fingerprint density at radius 1 is 1.24 bits per heavy atom. The quantitative estimate of drug-likeness (QED) is 0.882. The van der Waals surface area contributed by atoms with Crippen molar-refractivity contribution in [2.45, 2.75) is 18.0 Å². The molecule has 7 heteroatoms. The maximum atomic E-state index is 12.7. The van der Waals surface area contributed by atoms with Crippen LogP contribution in [0, 0.1) is 0 Å². The largest absolute Gasteiger partial charge is 0.498 e. The number of amides is 2. The monoisotopic (exact) mass is 342 g/mol. The minimum absolute atomic E-state index is 0.196. The molecule has 3 rings (SSSR count). The summed E-state index contributed by atoms with van der Waals surface area (Å²) in [5, 5.41) is 3.87. The number of carbonyl (C=O) groups excluding carboxylic acids is 3. The number of benzene rings is 1. The zero-order valence-electron chi connectivity index (χ0n) is 13.9. The molecular formula is C18H18N2O5. The summed E-state index contributed by atoms with van der Waals surface area (Å²) in [4.78, 5) is 42.0. The Labute approximate surface area is 144 Å². The number of nitrogens with zero attached hydrogens (tertiary/aromatic N) is 1. The van der Waals surface area contributed by atoms with Gasteiger partial charge in [0.2, 0.25) is 0 Å². The van der Waals surface area contributed by atoms with E-state index in [2.05, 4.69) is 5.32 Å². The van der Waals surface area contributed by atoms with Gasteiger partial charge < -0.3 is 10.1 Å². The fraction of sp³-hybridized carbons (Fsp3) is 0.278. The van der Waals surface area contributed by atoms with E-state index in [1.54, 1.807) is 36.4 Å². The number of ether oxygens (including phenoxy) is 1. The molecule has 1 N–H and O–H groups in total. The molecule has 0 bridgehead atoms. The first-order chi connectivity index (χ1) is 12.0. The van der Waals surface area contributed by atoms with Crippen molar-refractivity contribution in [2.24, 2.45) is 0 Å². The molecule has 0 radical (unpaired) electrons. The third-order valence-electron chi connectivity index (χ3n) is 4.34. The Balaban J connectivity index is 1.88. The van der Waals surface area contributed by atoms with E-state index in [0.717, 1.165) is 5.06 Å². The van der Waals surface area contributed by atoms with Gasteiger partial charge in [-0.05, 0) is 24.3 Å².